The van der Waals surface area contributed by atoms with E-state index in [1.807, 2.05) is 0 Å². The van der Waals surface area contributed by atoms with Crippen molar-refractivity contribution in [1.29, 1.82) is 0 Å². The van der Waals surface area contributed by atoms with Crippen molar-refractivity contribution in [2.45, 2.75) is 46.1 Å². The Morgan fingerprint density at radius 2 is 1.55 bits per heavy atom. The predicted octanol–water partition coefficient (Wildman–Crippen LogP) is 5.55. The minimum absolute atomic E-state index is 0.320. The molecule has 0 saturated heterocycles. The van der Waals surface area contributed by atoms with Crippen molar-refractivity contribution in [3.8, 4) is 0 Å². The first-order chi connectivity index (χ1) is 9.61. The molecule has 0 spiro atoms. The second-order valence-corrected chi connectivity index (χ2v) is 5.70. The largest absolute Gasteiger partial charge is 0.378 e. The van der Waals surface area contributed by atoms with Crippen LogP contribution in [-0.4, -0.2) is 0 Å². The van der Waals surface area contributed by atoms with E-state index in [1.54, 1.807) is 0 Å². The molecule has 20 heavy (non-hydrogen) atoms. The Labute approximate surface area is 123 Å². The van der Waals surface area contributed by atoms with Crippen LogP contribution in [0.25, 0.3) is 0 Å². The van der Waals surface area contributed by atoms with Gasteiger partial charge in [-0.25, -0.2) is 0 Å². The Morgan fingerprint density at radius 1 is 0.900 bits per heavy atom. The van der Waals surface area contributed by atoms with Gasteiger partial charge in [0, 0.05) is 11.7 Å². The maximum atomic E-state index is 3.65. The maximum Gasteiger partial charge on any atom is 0.0485 e. The lowest BCUT2D eigenvalue weighted by atomic mass is 9.99. The van der Waals surface area contributed by atoms with Crippen LogP contribution in [0.5, 0.6) is 0 Å². The highest BCUT2D eigenvalue weighted by atomic mass is 14.9. The van der Waals surface area contributed by atoms with Gasteiger partial charge in [0.2, 0.25) is 0 Å². The Hall–Kier alpha value is -1.76. The summed E-state index contributed by atoms with van der Waals surface area (Å²) in [6, 6.07) is 17.8. The lowest BCUT2D eigenvalue weighted by Crippen LogP contribution is -2.09. The summed E-state index contributed by atoms with van der Waals surface area (Å²) in [4.78, 5) is 0. The first kappa shape index (κ1) is 14.6. The second kappa shape index (κ2) is 6.60. The van der Waals surface area contributed by atoms with Crippen LogP contribution in [-0.2, 0) is 6.42 Å². The molecular formula is C19H25N. The number of hydrogen-bond acceptors (Lipinski definition) is 1. The van der Waals surface area contributed by atoms with Crippen LogP contribution in [0.3, 0.4) is 0 Å². The van der Waals surface area contributed by atoms with Gasteiger partial charge in [0.25, 0.3) is 0 Å². The van der Waals surface area contributed by atoms with Crippen LogP contribution in [0.2, 0.25) is 0 Å². The molecule has 2 rings (SSSR count). The second-order valence-electron chi connectivity index (χ2n) is 5.70. The average Bonchev–Trinajstić information content (AvgIpc) is 2.47. The van der Waals surface area contributed by atoms with E-state index in [-0.39, 0.29) is 0 Å². The zero-order valence-corrected chi connectivity index (χ0v) is 13.0. The summed E-state index contributed by atoms with van der Waals surface area (Å²) in [6.07, 6.45) is 1.10. The Kier molecular flexibility index (Phi) is 4.84. The van der Waals surface area contributed by atoms with Crippen LogP contribution >= 0.6 is 0 Å². The van der Waals surface area contributed by atoms with E-state index >= 15 is 0 Å². The zero-order valence-electron chi connectivity index (χ0n) is 13.0. The van der Waals surface area contributed by atoms with E-state index in [2.05, 4.69) is 81.5 Å². The van der Waals surface area contributed by atoms with Gasteiger partial charge in [0.1, 0.15) is 0 Å². The summed E-state index contributed by atoms with van der Waals surface area (Å²) in [7, 11) is 0. The third kappa shape index (κ3) is 3.41. The van der Waals surface area contributed by atoms with E-state index < -0.39 is 0 Å². The number of benzene rings is 2. The highest BCUT2D eigenvalue weighted by Gasteiger charge is 2.10. The third-order valence-electron chi connectivity index (χ3n) is 3.84. The van der Waals surface area contributed by atoms with Crippen molar-refractivity contribution in [1.82, 2.24) is 0 Å². The van der Waals surface area contributed by atoms with Crippen LogP contribution in [0, 0.1) is 0 Å². The molecule has 1 N–H and O–H groups in total. The molecule has 0 aliphatic heterocycles. The van der Waals surface area contributed by atoms with Crippen molar-refractivity contribution >= 4 is 5.69 Å². The first-order valence-electron chi connectivity index (χ1n) is 7.56. The molecule has 0 aliphatic carbocycles. The summed E-state index contributed by atoms with van der Waals surface area (Å²) in [5.41, 5.74) is 5.35. The van der Waals surface area contributed by atoms with Crippen molar-refractivity contribution in [2.24, 2.45) is 0 Å². The molecule has 1 heteroatoms. The normalized spacial score (nSPS) is 12.4. The van der Waals surface area contributed by atoms with Gasteiger partial charge >= 0.3 is 0 Å². The summed E-state index contributed by atoms with van der Waals surface area (Å²) in [6.45, 7) is 8.88. The summed E-state index contributed by atoms with van der Waals surface area (Å²) in [5, 5.41) is 3.65. The first-order valence-corrected chi connectivity index (χ1v) is 7.56. The zero-order chi connectivity index (χ0) is 14.5. The fourth-order valence-corrected chi connectivity index (χ4v) is 2.49. The maximum absolute atomic E-state index is 3.65. The van der Waals surface area contributed by atoms with E-state index in [4.69, 9.17) is 0 Å². The number of para-hydroxylation sites is 1. The molecule has 0 fully saturated rings. The molecule has 2 aromatic rings. The molecule has 1 atom stereocenters. The molecule has 0 heterocycles. The monoisotopic (exact) mass is 267 g/mol. The molecular weight excluding hydrogens is 242 g/mol. The van der Waals surface area contributed by atoms with Crippen LogP contribution in [0.1, 0.15) is 56.3 Å². The van der Waals surface area contributed by atoms with Gasteiger partial charge in [0.15, 0.2) is 0 Å². The smallest absolute Gasteiger partial charge is 0.0485 e. The summed E-state index contributed by atoms with van der Waals surface area (Å²) in [5.74, 6) is 0.536. The number of hydrogen-bond donors (Lipinski definition) is 1. The molecule has 0 amide bonds. The van der Waals surface area contributed by atoms with Crippen LogP contribution in [0.15, 0.2) is 48.5 Å². The van der Waals surface area contributed by atoms with Gasteiger partial charge < -0.3 is 5.32 Å². The third-order valence-corrected chi connectivity index (χ3v) is 3.84. The minimum atomic E-state index is 0.320. The van der Waals surface area contributed by atoms with Gasteiger partial charge in [-0.05, 0) is 42.0 Å². The fraction of sp³-hybridized carbons (Fsp3) is 0.368. The molecule has 1 unspecified atom stereocenters. The van der Waals surface area contributed by atoms with Crippen molar-refractivity contribution in [3.05, 3.63) is 65.2 Å². The quantitative estimate of drug-likeness (QED) is 0.749. The Morgan fingerprint density at radius 3 is 2.15 bits per heavy atom. The van der Waals surface area contributed by atoms with E-state index in [9.17, 15) is 0 Å². The number of nitrogens with one attached hydrogen (secondary N) is 1. The minimum Gasteiger partial charge on any atom is -0.378 e. The molecule has 0 aromatic heterocycles. The van der Waals surface area contributed by atoms with E-state index in [0.717, 1.165) is 6.42 Å². The van der Waals surface area contributed by atoms with E-state index in [0.29, 0.717) is 12.0 Å². The highest BCUT2D eigenvalue weighted by molar-refractivity contribution is 5.54. The standard InChI is InChI=1S/C19H25N/c1-5-16-10-12-17(13-11-16)15(4)20-19-9-7-6-8-18(19)14(2)3/h6-15,20H,5H2,1-4H3. The summed E-state index contributed by atoms with van der Waals surface area (Å²) >= 11 is 0. The fourth-order valence-electron chi connectivity index (χ4n) is 2.49. The number of anilines is 1. The van der Waals surface area contributed by atoms with Crippen LogP contribution in [0.4, 0.5) is 5.69 Å². The predicted molar refractivity (Wildman–Crippen MR) is 88.4 cm³/mol. The highest BCUT2D eigenvalue weighted by Crippen LogP contribution is 2.27. The Balaban J connectivity index is 2.16. The SMILES string of the molecule is CCc1ccc(C(C)Nc2ccccc2C(C)C)cc1. The Bertz CT molecular complexity index is 540. The van der Waals surface area contributed by atoms with Gasteiger partial charge in [-0.3, -0.25) is 0 Å². The lowest BCUT2D eigenvalue weighted by Gasteiger charge is -2.20. The molecule has 2 aromatic carbocycles. The molecule has 1 nitrogen and oxygen atoms in total. The van der Waals surface area contributed by atoms with Gasteiger partial charge in [-0.1, -0.05) is 63.2 Å². The topological polar surface area (TPSA) is 12.0 Å². The van der Waals surface area contributed by atoms with Crippen molar-refractivity contribution in [2.75, 3.05) is 5.32 Å². The van der Waals surface area contributed by atoms with Gasteiger partial charge in [0.05, 0.1) is 0 Å². The van der Waals surface area contributed by atoms with Crippen molar-refractivity contribution < 1.29 is 0 Å². The molecule has 0 bridgehead atoms. The average molecular weight is 267 g/mol. The molecule has 0 aliphatic rings. The summed E-state index contributed by atoms with van der Waals surface area (Å²) < 4.78 is 0. The van der Waals surface area contributed by atoms with E-state index in [1.165, 1.54) is 22.4 Å². The number of rotatable bonds is 5. The van der Waals surface area contributed by atoms with Crippen molar-refractivity contribution in [3.63, 3.8) is 0 Å². The molecule has 106 valence electrons. The van der Waals surface area contributed by atoms with Gasteiger partial charge in [-0.15, -0.1) is 0 Å². The molecule has 0 saturated carbocycles. The lowest BCUT2D eigenvalue weighted by molar-refractivity contribution is 0.841. The number of aryl methyl sites for hydroxylation is 1. The molecule has 0 radical (unpaired) electrons. The van der Waals surface area contributed by atoms with Gasteiger partial charge in [-0.2, -0.15) is 0 Å². The van der Waals surface area contributed by atoms with Crippen LogP contribution < -0.4 is 5.32 Å².